The Morgan fingerprint density at radius 2 is 1.81 bits per heavy atom. The summed E-state index contributed by atoms with van der Waals surface area (Å²) < 4.78 is 7.48. The molecule has 1 N–H and O–H groups in total. The molecule has 0 saturated carbocycles. The summed E-state index contributed by atoms with van der Waals surface area (Å²) >= 11 is 1.36. The van der Waals surface area contributed by atoms with Crippen LogP contribution in [-0.4, -0.2) is 62.9 Å². The van der Waals surface area contributed by atoms with Crippen molar-refractivity contribution in [3.8, 4) is 5.69 Å². The summed E-state index contributed by atoms with van der Waals surface area (Å²) in [7, 11) is 0. The summed E-state index contributed by atoms with van der Waals surface area (Å²) in [6, 6.07) is 9.90. The predicted molar refractivity (Wildman–Crippen MR) is 124 cm³/mol. The van der Waals surface area contributed by atoms with E-state index in [4.69, 9.17) is 4.74 Å². The predicted octanol–water partition coefficient (Wildman–Crippen LogP) is 3.61. The number of anilines is 1. The number of carbonyl (C=O) groups excluding carboxylic acids is 2. The van der Waals surface area contributed by atoms with E-state index in [9.17, 15) is 9.59 Å². The lowest BCUT2D eigenvalue weighted by molar-refractivity contribution is 0.0988. The van der Waals surface area contributed by atoms with E-state index >= 15 is 0 Å². The van der Waals surface area contributed by atoms with Gasteiger partial charge in [0.05, 0.1) is 29.8 Å². The molecule has 0 spiro atoms. The number of thioether (sulfide) groups is 1. The van der Waals surface area contributed by atoms with Crippen molar-refractivity contribution in [2.75, 3.05) is 31.2 Å². The number of H-pyrrole nitrogens is 1. The van der Waals surface area contributed by atoms with Gasteiger partial charge in [0.1, 0.15) is 0 Å². The highest BCUT2D eigenvalue weighted by Crippen LogP contribution is 2.31. The van der Waals surface area contributed by atoms with Gasteiger partial charge in [-0.05, 0) is 45.4 Å². The zero-order chi connectivity index (χ0) is 22.8. The summed E-state index contributed by atoms with van der Waals surface area (Å²) in [6.45, 7) is 9.76. The van der Waals surface area contributed by atoms with Crippen molar-refractivity contribution in [2.45, 2.75) is 38.1 Å². The number of aryl methyl sites for hydroxylation is 1. The molecule has 3 heterocycles. The van der Waals surface area contributed by atoms with Gasteiger partial charge in [0.15, 0.2) is 16.7 Å². The van der Waals surface area contributed by atoms with Gasteiger partial charge in [0.2, 0.25) is 5.95 Å². The van der Waals surface area contributed by atoms with Gasteiger partial charge < -0.3 is 14.6 Å². The second-order valence-electron chi connectivity index (χ2n) is 7.86. The third-order valence-corrected chi connectivity index (χ3v) is 6.65. The number of rotatable bonds is 7. The maximum absolute atomic E-state index is 13.3. The number of nitrogens with one attached hydrogen (secondary N) is 1. The lowest BCUT2D eigenvalue weighted by Gasteiger charge is -2.28. The van der Waals surface area contributed by atoms with E-state index in [0.717, 1.165) is 30.4 Å². The zero-order valence-electron chi connectivity index (χ0n) is 18.7. The number of nitrogens with zero attached hydrogens (tertiary/aromatic N) is 4. The molecule has 0 bridgehead atoms. The summed E-state index contributed by atoms with van der Waals surface area (Å²) in [5, 5.41) is 9.12. The fourth-order valence-electron chi connectivity index (χ4n) is 4.05. The summed E-state index contributed by atoms with van der Waals surface area (Å²) in [5.74, 6) is 0.626. The Bertz CT molecular complexity index is 1130. The van der Waals surface area contributed by atoms with Crippen molar-refractivity contribution < 1.29 is 14.3 Å². The van der Waals surface area contributed by atoms with Crippen LogP contribution in [0.15, 0.2) is 35.5 Å². The molecule has 1 fully saturated rings. The molecule has 1 aliphatic rings. The molecule has 1 aromatic carbocycles. The minimum Gasteiger partial charge on any atom is -0.378 e. The molecule has 0 radical (unpaired) electrons. The quantitative estimate of drug-likeness (QED) is 0.431. The number of carbonyl (C=O) groups is 2. The van der Waals surface area contributed by atoms with Crippen molar-refractivity contribution in [3.05, 3.63) is 52.8 Å². The van der Waals surface area contributed by atoms with E-state index in [0.29, 0.717) is 35.2 Å². The number of hydrogen-bond donors (Lipinski definition) is 1. The average molecular weight is 454 g/mol. The van der Waals surface area contributed by atoms with Crippen molar-refractivity contribution in [1.29, 1.82) is 0 Å². The minimum atomic E-state index is -0.421. The number of aromatic amines is 1. The van der Waals surface area contributed by atoms with Gasteiger partial charge >= 0.3 is 0 Å². The second-order valence-corrected chi connectivity index (χ2v) is 9.17. The summed E-state index contributed by atoms with van der Waals surface area (Å²) in [6.07, 6.45) is 0. The van der Waals surface area contributed by atoms with E-state index in [-0.39, 0.29) is 11.6 Å². The van der Waals surface area contributed by atoms with Gasteiger partial charge in [-0.25, -0.2) is 0 Å². The van der Waals surface area contributed by atoms with E-state index in [2.05, 4.69) is 20.1 Å². The molecule has 1 saturated heterocycles. The molecule has 1 atom stereocenters. The first-order valence-corrected chi connectivity index (χ1v) is 11.5. The number of morpholine rings is 1. The Morgan fingerprint density at radius 3 is 2.44 bits per heavy atom. The number of ether oxygens (including phenoxy) is 1. The molecule has 3 aromatic rings. The Labute approximate surface area is 191 Å². The van der Waals surface area contributed by atoms with E-state index in [1.807, 2.05) is 55.7 Å². The Morgan fingerprint density at radius 1 is 1.12 bits per heavy atom. The molecule has 0 aliphatic carbocycles. The van der Waals surface area contributed by atoms with Crippen molar-refractivity contribution in [3.63, 3.8) is 0 Å². The Hall–Kier alpha value is -2.91. The first-order chi connectivity index (χ1) is 15.4. The van der Waals surface area contributed by atoms with Gasteiger partial charge in [0, 0.05) is 24.3 Å². The second kappa shape index (κ2) is 9.30. The van der Waals surface area contributed by atoms with Crippen LogP contribution in [0, 0.1) is 13.8 Å². The molecule has 1 aliphatic heterocycles. The summed E-state index contributed by atoms with van der Waals surface area (Å²) in [5.41, 5.74) is 3.43. The smallest absolute Gasteiger partial charge is 0.232 e. The molecule has 1 unspecified atom stereocenters. The van der Waals surface area contributed by atoms with Crippen LogP contribution < -0.4 is 4.90 Å². The van der Waals surface area contributed by atoms with Crippen LogP contribution in [-0.2, 0) is 4.74 Å². The lowest BCUT2D eigenvalue weighted by atomic mass is 10.0. The van der Waals surface area contributed by atoms with Crippen molar-refractivity contribution in [1.82, 2.24) is 19.7 Å². The number of para-hydroxylation sites is 1. The summed E-state index contributed by atoms with van der Waals surface area (Å²) in [4.78, 5) is 30.5. The van der Waals surface area contributed by atoms with Crippen LogP contribution >= 0.6 is 11.8 Å². The van der Waals surface area contributed by atoms with Crippen LogP contribution in [0.25, 0.3) is 5.69 Å². The number of Topliss-reactive ketones (excluding diaryl/α,β-unsaturated/α-hetero) is 2. The molecule has 168 valence electrons. The third-order valence-electron chi connectivity index (χ3n) is 5.61. The number of ketones is 2. The van der Waals surface area contributed by atoms with Crippen molar-refractivity contribution in [2.24, 2.45) is 0 Å². The fourth-order valence-corrected chi connectivity index (χ4v) is 4.97. The number of aromatic nitrogens is 4. The molecule has 8 nitrogen and oxygen atoms in total. The number of benzene rings is 1. The first kappa shape index (κ1) is 22.3. The maximum atomic E-state index is 13.3. The largest absolute Gasteiger partial charge is 0.378 e. The third kappa shape index (κ3) is 4.22. The highest BCUT2D eigenvalue weighted by molar-refractivity contribution is 8.00. The molecular weight excluding hydrogens is 426 g/mol. The molecule has 2 aromatic heterocycles. The molecule has 32 heavy (non-hydrogen) atoms. The lowest BCUT2D eigenvalue weighted by Crippen LogP contribution is -2.37. The van der Waals surface area contributed by atoms with Gasteiger partial charge in [-0.3, -0.25) is 14.2 Å². The van der Waals surface area contributed by atoms with E-state index in [1.165, 1.54) is 18.7 Å². The van der Waals surface area contributed by atoms with Crippen LogP contribution in [0.1, 0.15) is 46.0 Å². The van der Waals surface area contributed by atoms with Gasteiger partial charge in [-0.1, -0.05) is 30.0 Å². The zero-order valence-corrected chi connectivity index (χ0v) is 19.5. The first-order valence-electron chi connectivity index (χ1n) is 10.6. The maximum Gasteiger partial charge on any atom is 0.232 e. The molecule has 9 heteroatoms. The van der Waals surface area contributed by atoms with Crippen LogP contribution in [0.5, 0.6) is 0 Å². The normalized spacial score (nSPS) is 15.1. The Balaban J connectivity index is 1.65. The van der Waals surface area contributed by atoms with E-state index in [1.54, 1.807) is 0 Å². The average Bonchev–Trinajstić information content (AvgIpc) is 3.34. The van der Waals surface area contributed by atoms with E-state index < -0.39 is 5.25 Å². The van der Waals surface area contributed by atoms with Gasteiger partial charge in [0.25, 0.3) is 0 Å². The minimum absolute atomic E-state index is 0.0467. The number of hydrogen-bond acceptors (Lipinski definition) is 7. The molecule has 4 rings (SSSR count). The standard InChI is InChI=1S/C23H27N5O3S/c1-14-19(16(3)29)15(2)24-20(14)21(30)17(4)32-23-26-25-22(27-10-12-31-13-11-27)28(23)18-8-6-5-7-9-18/h5-9,17,24H,10-13H2,1-4H3. The van der Waals surface area contributed by atoms with Crippen LogP contribution in [0.4, 0.5) is 5.95 Å². The van der Waals surface area contributed by atoms with Crippen molar-refractivity contribution >= 4 is 29.3 Å². The fraction of sp³-hybridized carbons (Fsp3) is 0.391. The van der Waals surface area contributed by atoms with Gasteiger partial charge in [-0.2, -0.15) is 0 Å². The van der Waals surface area contributed by atoms with Gasteiger partial charge in [-0.15, -0.1) is 10.2 Å². The highest BCUT2D eigenvalue weighted by atomic mass is 32.2. The molecular formula is C23H27N5O3S. The topological polar surface area (TPSA) is 93.1 Å². The monoisotopic (exact) mass is 453 g/mol. The molecule has 0 amide bonds. The SMILES string of the molecule is CC(=O)c1c(C)[nH]c(C(=O)C(C)Sc2nnc(N3CCOCC3)n2-c2ccccc2)c1C. The Kier molecular flexibility index (Phi) is 6.48. The van der Waals surface area contributed by atoms with Crippen LogP contribution in [0.3, 0.4) is 0 Å². The highest BCUT2D eigenvalue weighted by Gasteiger charge is 2.28. The van der Waals surface area contributed by atoms with Crippen LogP contribution in [0.2, 0.25) is 0 Å².